The molecule has 0 amide bonds. The standard InChI is InChI=1S/C22H29NO/c1-19(22(24)15-9-4-10-16-22)23(17-20-11-5-2-6-12-20)18-21-13-7-3-8-14-21/h2-3,5-8,11-14,19,24H,4,9-10,15-18H2,1H3/t19-/m1/s1. The van der Waals surface area contributed by atoms with Crippen LogP contribution in [0.15, 0.2) is 60.7 Å². The lowest BCUT2D eigenvalue weighted by Gasteiger charge is -2.43. The number of rotatable bonds is 6. The predicted molar refractivity (Wildman–Crippen MR) is 99.6 cm³/mol. The highest BCUT2D eigenvalue weighted by Gasteiger charge is 2.38. The van der Waals surface area contributed by atoms with Crippen LogP contribution in [0.5, 0.6) is 0 Å². The monoisotopic (exact) mass is 323 g/mol. The summed E-state index contributed by atoms with van der Waals surface area (Å²) in [6.07, 6.45) is 5.39. The summed E-state index contributed by atoms with van der Waals surface area (Å²) in [7, 11) is 0. The Balaban J connectivity index is 1.80. The Bertz CT molecular complexity index is 563. The van der Waals surface area contributed by atoms with Gasteiger partial charge >= 0.3 is 0 Å². The maximum atomic E-state index is 11.2. The fourth-order valence-electron chi connectivity index (χ4n) is 3.89. The maximum absolute atomic E-state index is 11.2. The molecule has 1 saturated carbocycles. The van der Waals surface area contributed by atoms with E-state index in [0.717, 1.165) is 38.8 Å². The van der Waals surface area contributed by atoms with Crippen molar-refractivity contribution in [1.29, 1.82) is 0 Å². The smallest absolute Gasteiger partial charge is 0.0799 e. The Kier molecular flexibility index (Phi) is 5.70. The zero-order valence-electron chi connectivity index (χ0n) is 14.7. The van der Waals surface area contributed by atoms with Crippen LogP contribution >= 0.6 is 0 Å². The molecule has 128 valence electrons. The highest BCUT2D eigenvalue weighted by Crippen LogP contribution is 2.34. The second-order valence-corrected chi connectivity index (χ2v) is 7.22. The fraction of sp³-hybridized carbons (Fsp3) is 0.455. The lowest BCUT2D eigenvalue weighted by molar-refractivity contribution is -0.0710. The number of aliphatic hydroxyl groups is 1. The van der Waals surface area contributed by atoms with Gasteiger partial charge in [-0.05, 0) is 30.9 Å². The first kappa shape index (κ1) is 17.2. The second-order valence-electron chi connectivity index (χ2n) is 7.22. The first-order valence-corrected chi connectivity index (χ1v) is 9.22. The van der Waals surface area contributed by atoms with Crippen LogP contribution in [0.25, 0.3) is 0 Å². The molecular formula is C22H29NO. The molecule has 0 aliphatic heterocycles. The molecule has 24 heavy (non-hydrogen) atoms. The molecule has 0 aromatic heterocycles. The summed E-state index contributed by atoms with van der Waals surface area (Å²) in [4.78, 5) is 2.44. The summed E-state index contributed by atoms with van der Waals surface area (Å²) in [6.45, 7) is 3.95. The van der Waals surface area contributed by atoms with Crippen LogP contribution in [0.3, 0.4) is 0 Å². The van der Waals surface area contributed by atoms with Crippen molar-refractivity contribution in [1.82, 2.24) is 4.90 Å². The molecule has 1 atom stereocenters. The number of hydrogen-bond acceptors (Lipinski definition) is 2. The molecule has 0 spiro atoms. The maximum Gasteiger partial charge on any atom is 0.0799 e. The molecule has 0 bridgehead atoms. The van der Waals surface area contributed by atoms with Gasteiger partial charge in [0.05, 0.1) is 5.60 Å². The van der Waals surface area contributed by atoms with Gasteiger partial charge in [-0.1, -0.05) is 79.9 Å². The van der Waals surface area contributed by atoms with Crippen molar-refractivity contribution in [3.63, 3.8) is 0 Å². The lowest BCUT2D eigenvalue weighted by atomic mass is 9.79. The van der Waals surface area contributed by atoms with Crippen molar-refractivity contribution in [3.8, 4) is 0 Å². The molecule has 1 aliphatic rings. The van der Waals surface area contributed by atoms with Crippen LogP contribution < -0.4 is 0 Å². The molecule has 2 aromatic rings. The number of benzene rings is 2. The van der Waals surface area contributed by atoms with Crippen molar-refractivity contribution in [2.45, 2.75) is 63.8 Å². The van der Waals surface area contributed by atoms with Gasteiger partial charge in [0.25, 0.3) is 0 Å². The highest BCUT2D eigenvalue weighted by molar-refractivity contribution is 5.17. The Morgan fingerprint density at radius 2 is 1.29 bits per heavy atom. The van der Waals surface area contributed by atoms with E-state index >= 15 is 0 Å². The highest BCUT2D eigenvalue weighted by atomic mass is 16.3. The van der Waals surface area contributed by atoms with Gasteiger partial charge in [0, 0.05) is 19.1 Å². The van der Waals surface area contributed by atoms with E-state index < -0.39 is 5.60 Å². The second kappa shape index (κ2) is 7.96. The Morgan fingerprint density at radius 1 is 0.833 bits per heavy atom. The molecule has 2 aromatic carbocycles. The summed E-state index contributed by atoms with van der Waals surface area (Å²) in [5.41, 5.74) is 2.06. The van der Waals surface area contributed by atoms with Crippen molar-refractivity contribution < 1.29 is 5.11 Å². The van der Waals surface area contributed by atoms with Crippen LogP contribution in [-0.2, 0) is 13.1 Å². The first-order chi connectivity index (χ1) is 11.7. The normalized spacial score (nSPS) is 18.5. The number of nitrogens with zero attached hydrogens (tertiary/aromatic N) is 1. The molecule has 3 rings (SSSR count). The summed E-state index contributed by atoms with van der Waals surface area (Å²) in [5, 5.41) is 11.2. The lowest BCUT2D eigenvalue weighted by Crippen LogP contribution is -2.51. The van der Waals surface area contributed by atoms with E-state index in [1.807, 2.05) is 0 Å². The Hall–Kier alpha value is -1.64. The molecule has 0 unspecified atom stereocenters. The van der Waals surface area contributed by atoms with Crippen molar-refractivity contribution in [2.24, 2.45) is 0 Å². The van der Waals surface area contributed by atoms with Gasteiger partial charge in [-0.25, -0.2) is 0 Å². The molecule has 1 fully saturated rings. The molecule has 1 aliphatic carbocycles. The largest absolute Gasteiger partial charge is 0.388 e. The average Bonchev–Trinajstić information content (AvgIpc) is 2.63. The number of hydrogen-bond donors (Lipinski definition) is 1. The molecule has 0 heterocycles. The summed E-state index contributed by atoms with van der Waals surface area (Å²) >= 11 is 0. The minimum Gasteiger partial charge on any atom is -0.388 e. The van der Waals surface area contributed by atoms with Crippen molar-refractivity contribution >= 4 is 0 Å². The minimum absolute atomic E-state index is 0.151. The molecule has 0 saturated heterocycles. The van der Waals surface area contributed by atoms with E-state index in [1.54, 1.807) is 0 Å². The van der Waals surface area contributed by atoms with Gasteiger partial charge < -0.3 is 5.11 Å². The van der Waals surface area contributed by atoms with E-state index in [1.165, 1.54) is 17.5 Å². The molecule has 0 radical (unpaired) electrons. The van der Waals surface area contributed by atoms with Gasteiger partial charge in [0.15, 0.2) is 0 Å². The topological polar surface area (TPSA) is 23.5 Å². The Labute approximate surface area is 146 Å². The minimum atomic E-state index is -0.554. The van der Waals surface area contributed by atoms with Gasteiger partial charge in [0.1, 0.15) is 0 Å². The SMILES string of the molecule is C[C@@H](N(Cc1ccccc1)Cc1ccccc1)C1(O)CCCCC1. The summed E-state index contributed by atoms with van der Waals surface area (Å²) in [6, 6.07) is 21.3. The zero-order chi connectivity index (χ0) is 16.8. The van der Waals surface area contributed by atoms with Crippen LogP contribution in [0.4, 0.5) is 0 Å². The van der Waals surface area contributed by atoms with Gasteiger partial charge in [-0.15, -0.1) is 0 Å². The molecule has 2 heteroatoms. The fourth-order valence-corrected chi connectivity index (χ4v) is 3.89. The van der Waals surface area contributed by atoms with E-state index in [2.05, 4.69) is 72.5 Å². The van der Waals surface area contributed by atoms with Crippen LogP contribution in [-0.4, -0.2) is 21.6 Å². The quantitative estimate of drug-likeness (QED) is 0.827. The Morgan fingerprint density at radius 3 is 1.75 bits per heavy atom. The van der Waals surface area contributed by atoms with Crippen LogP contribution in [0, 0.1) is 0 Å². The first-order valence-electron chi connectivity index (χ1n) is 9.22. The van der Waals surface area contributed by atoms with Crippen molar-refractivity contribution in [2.75, 3.05) is 0 Å². The van der Waals surface area contributed by atoms with Gasteiger partial charge in [-0.2, -0.15) is 0 Å². The van der Waals surface area contributed by atoms with Crippen LogP contribution in [0.1, 0.15) is 50.2 Å². The molecular weight excluding hydrogens is 294 g/mol. The zero-order valence-corrected chi connectivity index (χ0v) is 14.7. The average molecular weight is 323 g/mol. The van der Waals surface area contributed by atoms with Gasteiger partial charge in [0.2, 0.25) is 0 Å². The molecule has 1 N–H and O–H groups in total. The summed E-state index contributed by atoms with van der Waals surface area (Å²) < 4.78 is 0. The van der Waals surface area contributed by atoms with E-state index in [4.69, 9.17) is 0 Å². The third-order valence-electron chi connectivity index (χ3n) is 5.50. The van der Waals surface area contributed by atoms with Crippen molar-refractivity contribution in [3.05, 3.63) is 71.8 Å². The van der Waals surface area contributed by atoms with E-state index in [0.29, 0.717) is 0 Å². The van der Waals surface area contributed by atoms with Crippen LogP contribution in [0.2, 0.25) is 0 Å². The third-order valence-corrected chi connectivity index (χ3v) is 5.50. The predicted octanol–water partition coefficient (Wildman–Crippen LogP) is 4.77. The van der Waals surface area contributed by atoms with E-state index in [-0.39, 0.29) is 6.04 Å². The third kappa shape index (κ3) is 4.25. The summed E-state index contributed by atoms with van der Waals surface area (Å²) in [5.74, 6) is 0. The van der Waals surface area contributed by atoms with Gasteiger partial charge in [-0.3, -0.25) is 4.90 Å². The van der Waals surface area contributed by atoms with E-state index in [9.17, 15) is 5.11 Å². The molecule has 2 nitrogen and oxygen atoms in total.